The maximum absolute atomic E-state index is 6.15. The Morgan fingerprint density at radius 1 is 1.09 bits per heavy atom. The van der Waals surface area contributed by atoms with Crippen LogP contribution < -0.4 is 10.2 Å². The van der Waals surface area contributed by atoms with Gasteiger partial charge in [0.2, 0.25) is 5.95 Å². The van der Waals surface area contributed by atoms with E-state index in [1.807, 2.05) is 6.92 Å². The lowest BCUT2D eigenvalue weighted by atomic mass is 10.2. The average molecular weight is 337 g/mol. The molecule has 114 valence electrons. The Morgan fingerprint density at radius 3 is 2.59 bits per heavy atom. The van der Waals surface area contributed by atoms with Gasteiger partial charge in [0, 0.05) is 31.6 Å². The number of fused-ring (bicyclic) bond motifs is 3. The van der Waals surface area contributed by atoms with Gasteiger partial charge in [0.25, 0.3) is 0 Å². The zero-order valence-corrected chi connectivity index (χ0v) is 13.5. The molecule has 0 unspecified atom stereocenters. The Bertz CT molecular complexity index is 869. The summed E-state index contributed by atoms with van der Waals surface area (Å²) in [5.74, 6) is 1.50. The number of benzene rings is 1. The predicted molar refractivity (Wildman–Crippen MR) is 88.1 cm³/mol. The summed E-state index contributed by atoms with van der Waals surface area (Å²) in [6, 6.07) is 3.59. The molecule has 0 radical (unpaired) electrons. The van der Waals surface area contributed by atoms with Crippen LogP contribution in [0.5, 0.6) is 0 Å². The first-order valence-corrected chi connectivity index (χ1v) is 7.87. The summed E-state index contributed by atoms with van der Waals surface area (Å²) < 4.78 is 1.80. The van der Waals surface area contributed by atoms with Crippen LogP contribution in [0.25, 0.3) is 16.6 Å². The Balaban J connectivity index is 2.03. The molecule has 0 bridgehead atoms. The molecule has 0 aliphatic carbocycles. The number of hydrogen-bond acceptors (Lipinski definition) is 5. The molecular weight excluding hydrogens is 323 g/mol. The largest absolute Gasteiger partial charge is 0.338 e. The number of rotatable bonds is 1. The molecule has 1 aliphatic heterocycles. The van der Waals surface area contributed by atoms with Gasteiger partial charge in [0.1, 0.15) is 5.82 Å². The molecule has 3 heterocycles. The quantitative estimate of drug-likeness (QED) is 0.738. The fourth-order valence-corrected chi connectivity index (χ4v) is 3.08. The number of aryl methyl sites for hydroxylation is 1. The minimum atomic E-state index is 0.494. The summed E-state index contributed by atoms with van der Waals surface area (Å²) in [7, 11) is 0. The van der Waals surface area contributed by atoms with Crippen LogP contribution in [0.1, 0.15) is 5.82 Å². The lowest BCUT2D eigenvalue weighted by Crippen LogP contribution is -2.44. The number of nitrogens with zero attached hydrogens (tertiary/aromatic N) is 5. The molecular formula is C14H14Cl2N6. The standard InChI is InChI=1S/C14H14Cl2N6/c1-8-18-13-9-6-10(15)11(16)7-12(9)19-14(22(13)20-8)21-4-2-17-3-5-21/h6-7,17H,2-5H2,1H3. The van der Waals surface area contributed by atoms with Crippen LogP contribution in [0.2, 0.25) is 10.0 Å². The second-order valence-corrected chi connectivity index (χ2v) is 6.14. The van der Waals surface area contributed by atoms with E-state index in [1.165, 1.54) is 0 Å². The molecule has 1 fully saturated rings. The molecule has 0 spiro atoms. The van der Waals surface area contributed by atoms with Crippen molar-refractivity contribution in [3.8, 4) is 0 Å². The first-order valence-electron chi connectivity index (χ1n) is 7.11. The molecule has 4 rings (SSSR count). The third-order valence-corrected chi connectivity index (χ3v) is 4.52. The maximum atomic E-state index is 6.15. The smallest absolute Gasteiger partial charge is 0.229 e. The van der Waals surface area contributed by atoms with E-state index >= 15 is 0 Å². The number of nitrogens with one attached hydrogen (secondary N) is 1. The van der Waals surface area contributed by atoms with Crippen molar-refractivity contribution in [1.82, 2.24) is 24.9 Å². The monoisotopic (exact) mass is 336 g/mol. The van der Waals surface area contributed by atoms with Crippen LogP contribution in [-0.4, -0.2) is 45.8 Å². The first kappa shape index (κ1) is 14.0. The molecule has 2 aromatic heterocycles. The second kappa shape index (κ2) is 5.22. The van der Waals surface area contributed by atoms with Gasteiger partial charge in [-0.15, -0.1) is 5.10 Å². The molecule has 0 amide bonds. The summed E-state index contributed by atoms with van der Waals surface area (Å²) in [5, 5.41) is 9.68. The number of halogens is 2. The summed E-state index contributed by atoms with van der Waals surface area (Å²) in [5.41, 5.74) is 1.54. The highest BCUT2D eigenvalue weighted by atomic mass is 35.5. The minimum Gasteiger partial charge on any atom is -0.338 e. The van der Waals surface area contributed by atoms with E-state index in [0.717, 1.165) is 48.7 Å². The predicted octanol–water partition coefficient (Wildman–Crippen LogP) is 2.30. The SMILES string of the molecule is Cc1nc2c3cc(Cl)c(Cl)cc3nc(N3CCNCC3)n2n1. The fraction of sp³-hybridized carbons (Fsp3) is 0.357. The van der Waals surface area contributed by atoms with Gasteiger partial charge in [-0.2, -0.15) is 4.52 Å². The molecule has 0 saturated carbocycles. The zero-order chi connectivity index (χ0) is 15.3. The number of piperazine rings is 1. The molecule has 8 heteroatoms. The molecule has 1 aromatic carbocycles. The molecule has 1 saturated heterocycles. The lowest BCUT2D eigenvalue weighted by Gasteiger charge is -2.28. The van der Waals surface area contributed by atoms with Crippen molar-refractivity contribution in [3.63, 3.8) is 0 Å². The summed E-state index contributed by atoms with van der Waals surface area (Å²) in [4.78, 5) is 11.5. The normalized spacial score (nSPS) is 15.9. The highest BCUT2D eigenvalue weighted by molar-refractivity contribution is 6.42. The molecule has 1 N–H and O–H groups in total. The molecule has 0 atom stereocenters. The van der Waals surface area contributed by atoms with E-state index in [0.29, 0.717) is 15.9 Å². The van der Waals surface area contributed by atoms with Gasteiger partial charge in [-0.3, -0.25) is 0 Å². The van der Waals surface area contributed by atoms with Crippen molar-refractivity contribution in [1.29, 1.82) is 0 Å². The van der Waals surface area contributed by atoms with Crippen LogP contribution in [0, 0.1) is 6.92 Å². The van der Waals surface area contributed by atoms with Crippen molar-refractivity contribution in [2.24, 2.45) is 0 Å². The topological polar surface area (TPSA) is 58.4 Å². The third-order valence-electron chi connectivity index (χ3n) is 3.80. The first-order chi connectivity index (χ1) is 10.6. The van der Waals surface area contributed by atoms with E-state index in [9.17, 15) is 0 Å². The molecule has 1 aliphatic rings. The molecule has 6 nitrogen and oxygen atoms in total. The highest BCUT2D eigenvalue weighted by Gasteiger charge is 2.19. The van der Waals surface area contributed by atoms with Crippen LogP contribution in [0.4, 0.5) is 5.95 Å². The highest BCUT2D eigenvalue weighted by Crippen LogP contribution is 2.30. The van der Waals surface area contributed by atoms with E-state index in [1.54, 1.807) is 16.6 Å². The lowest BCUT2D eigenvalue weighted by molar-refractivity contribution is 0.575. The Kier molecular flexibility index (Phi) is 3.32. The van der Waals surface area contributed by atoms with Gasteiger partial charge in [0.15, 0.2) is 5.65 Å². The van der Waals surface area contributed by atoms with E-state index in [-0.39, 0.29) is 0 Å². The van der Waals surface area contributed by atoms with E-state index < -0.39 is 0 Å². The van der Waals surface area contributed by atoms with Gasteiger partial charge >= 0.3 is 0 Å². The number of anilines is 1. The van der Waals surface area contributed by atoms with Gasteiger partial charge in [-0.1, -0.05) is 23.2 Å². The van der Waals surface area contributed by atoms with Crippen LogP contribution in [-0.2, 0) is 0 Å². The Hall–Kier alpha value is -1.63. The van der Waals surface area contributed by atoms with E-state index in [2.05, 4.69) is 20.3 Å². The van der Waals surface area contributed by atoms with Crippen molar-refractivity contribution in [2.45, 2.75) is 6.92 Å². The van der Waals surface area contributed by atoms with E-state index in [4.69, 9.17) is 28.2 Å². The van der Waals surface area contributed by atoms with Crippen molar-refractivity contribution in [3.05, 3.63) is 28.0 Å². The molecule has 22 heavy (non-hydrogen) atoms. The van der Waals surface area contributed by atoms with Crippen molar-refractivity contribution >= 4 is 45.7 Å². The second-order valence-electron chi connectivity index (χ2n) is 5.33. The third kappa shape index (κ3) is 2.18. The fourth-order valence-electron chi connectivity index (χ4n) is 2.76. The molecule has 3 aromatic rings. The summed E-state index contributed by atoms with van der Waals surface area (Å²) in [6.07, 6.45) is 0. The average Bonchev–Trinajstić information content (AvgIpc) is 2.91. The Labute approximate surface area is 137 Å². The van der Waals surface area contributed by atoms with Crippen LogP contribution >= 0.6 is 23.2 Å². The van der Waals surface area contributed by atoms with Gasteiger partial charge in [-0.05, 0) is 19.1 Å². The van der Waals surface area contributed by atoms with Gasteiger partial charge in [-0.25, -0.2) is 9.97 Å². The van der Waals surface area contributed by atoms with Crippen molar-refractivity contribution in [2.75, 3.05) is 31.1 Å². The summed E-state index contributed by atoms with van der Waals surface area (Å²) in [6.45, 7) is 5.49. The maximum Gasteiger partial charge on any atom is 0.229 e. The Morgan fingerprint density at radius 2 is 1.82 bits per heavy atom. The number of hydrogen-bond donors (Lipinski definition) is 1. The number of aromatic nitrogens is 4. The minimum absolute atomic E-state index is 0.494. The zero-order valence-electron chi connectivity index (χ0n) is 12.0. The van der Waals surface area contributed by atoms with Crippen LogP contribution in [0.15, 0.2) is 12.1 Å². The van der Waals surface area contributed by atoms with Gasteiger partial charge < -0.3 is 10.2 Å². The van der Waals surface area contributed by atoms with Crippen LogP contribution in [0.3, 0.4) is 0 Å². The van der Waals surface area contributed by atoms with Crippen molar-refractivity contribution < 1.29 is 0 Å². The van der Waals surface area contributed by atoms with Gasteiger partial charge in [0.05, 0.1) is 15.6 Å². The summed E-state index contributed by atoms with van der Waals surface area (Å²) >= 11 is 12.3.